The monoisotopic (exact) mass is 426 g/mol. The SMILES string of the molecule is CC(=O)N1CCN(C(C=C(C)C)CC(C)(C=S)c2ccc(C(F)(F)F)cc2)CC1. The topological polar surface area (TPSA) is 23.6 Å². The van der Waals surface area contributed by atoms with Gasteiger partial charge < -0.3 is 4.90 Å². The first-order valence-electron chi connectivity index (χ1n) is 9.75. The summed E-state index contributed by atoms with van der Waals surface area (Å²) >= 11 is 5.32. The van der Waals surface area contributed by atoms with Crippen molar-refractivity contribution >= 4 is 23.5 Å². The van der Waals surface area contributed by atoms with Gasteiger partial charge in [-0.25, -0.2) is 0 Å². The second-order valence-corrected chi connectivity index (χ2v) is 8.40. The van der Waals surface area contributed by atoms with Crippen LogP contribution >= 0.6 is 12.2 Å². The van der Waals surface area contributed by atoms with Gasteiger partial charge in [-0.05, 0) is 43.3 Å². The minimum atomic E-state index is -4.35. The Hall–Kier alpha value is -1.73. The third-order valence-electron chi connectivity index (χ3n) is 5.52. The van der Waals surface area contributed by atoms with Crippen LogP contribution in [0.5, 0.6) is 0 Å². The van der Waals surface area contributed by atoms with Crippen molar-refractivity contribution in [2.24, 2.45) is 0 Å². The van der Waals surface area contributed by atoms with E-state index in [-0.39, 0.29) is 11.9 Å². The molecule has 1 saturated heterocycles. The highest BCUT2D eigenvalue weighted by Crippen LogP contribution is 2.34. The van der Waals surface area contributed by atoms with Crippen molar-refractivity contribution in [3.8, 4) is 0 Å². The van der Waals surface area contributed by atoms with Gasteiger partial charge in [0.25, 0.3) is 0 Å². The van der Waals surface area contributed by atoms with Crippen molar-refractivity contribution in [3.05, 3.63) is 47.0 Å². The zero-order valence-electron chi connectivity index (χ0n) is 17.4. The molecule has 0 bridgehead atoms. The van der Waals surface area contributed by atoms with Crippen LogP contribution in [0.15, 0.2) is 35.9 Å². The van der Waals surface area contributed by atoms with Crippen LogP contribution in [0, 0.1) is 0 Å². The van der Waals surface area contributed by atoms with E-state index < -0.39 is 17.2 Å². The van der Waals surface area contributed by atoms with Crippen LogP contribution in [-0.2, 0) is 16.4 Å². The molecule has 1 aliphatic rings. The molecule has 160 valence electrons. The summed E-state index contributed by atoms with van der Waals surface area (Å²) in [4.78, 5) is 15.8. The molecule has 0 aliphatic carbocycles. The second-order valence-electron chi connectivity index (χ2n) is 8.17. The lowest BCUT2D eigenvalue weighted by Crippen LogP contribution is -2.52. The maximum atomic E-state index is 12.9. The fraction of sp³-hybridized carbons (Fsp3) is 0.545. The molecular weight excluding hydrogens is 397 g/mol. The molecule has 0 saturated carbocycles. The lowest BCUT2D eigenvalue weighted by atomic mass is 9.78. The molecule has 1 aliphatic heterocycles. The summed E-state index contributed by atoms with van der Waals surface area (Å²) in [5.74, 6) is 0.0805. The molecule has 0 N–H and O–H groups in total. The van der Waals surface area contributed by atoms with Gasteiger partial charge in [-0.15, -0.1) is 0 Å². The number of carbonyl (C=O) groups is 1. The van der Waals surface area contributed by atoms with Crippen molar-refractivity contribution in [2.75, 3.05) is 26.2 Å². The predicted octanol–water partition coefficient (Wildman–Crippen LogP) is 4.85. The molecule has 29 heavy (non-hydrogen) atoms. The first-order valence-corrected chi connectivity index (χ1v) is 10.2. The number of nitrogens with zero attached hydrogens (tertiary/aromatic N) is 2. The highest BCUT2D eigenvalue weighted by atomic mass is 32.1. The predicted molar refractivity (Wildman–Crippen MR) is 114 cm³/mol. The van der Waals surface area contributed by atoms with Crippen molar-refractivity contribution in [2.45, 2.75) is 51.7 Å². The Labute approximate surface area is 176 Å². The van der Waals surface area contributed by atoms with E-state index in [2.05, 4.69) is 11.0 Å². The summed E-state index contributed by atoms with van der Waals surface area (Å²) in [6.45, 7) is 10.5. The summed E-state index contributed by atoms with van der Waals surface area (Å²) in [6.07, 6.45) is -1.51. The lowest BCUT2D eigenvalue weighted by molar-refractivity contribution is -0.137. The number of amides is 1. The quantitative estimate of drug-likeness (QED) is 0.480. The highest BCUT2D eigenvalue weighted by molar-refractivity contribution is 7.79. The minimum absolute atomic E-state index is 0.0805. The van der Waals surface area contributed by atoms with Gasteiger partial charge in [0.05, 0.1) is 5.56 Å². The number of thiocarbonyl (C=S) groups is 1. The van der Waals surface area contributed by atoms with Crippen LogP contribution in [0.1, 0.15) is 45.2 Å². The smallest absolute Gasteiger partial charge is 0.340 e. The fourth-order valence-electron chi connectivity index (χ4n) is 3.76. The molecule has 1 aromatic rings. The van der Waals surface area contributed by atoms with Crippen molar-refractivity contribution in [1.29, 1.82) is 0 Å². The average Bonchev–Trinajstić information content (AvgIpc) is 2.66. The molecule has 1 fully saturated rings. The first kappa shape index (κ1) is 23.5. The number of alkyl halides is 3. The third kappa shape index (κ3) is 6.12. The van der Waals surface area contributed by atoms with Gasteiger partial charge in [0.2, 0.25) is 5.91 Å². The van der Waals surface area contributed by atoms with Crippen LogP contribution in [0.25, 0.3) is 0 Å². The van der Waals surface area contributed by atoms with Crippen molar-refractivity contribution in [3.63, 3.8) is 0 Å². The molecule has 2 atom stereocenters. The number of hydrogen-bond acceptors (Lipinski definition) is 3. The van der Waals surface area contributed by atoms with Crippen LogP contribution in [0.2, 0.25) is 0 Å². The molecule has 1 aromatic carbocycles. The number of rotatable bonds is 6. The van der Waals surface area contributed by atoms with E-state index in [0.29, 0.717) is 19.5 Å². The summed E-state index contributed by atoms with van der Waals surface area (Å²) < 4.78 is 38.7. The van der Waals surface area contributed by atoms with Gasteiger partial charge in [-0.1, -0.05) is 42.9 Å². The van der Waals surface area contributed by atoms with E-state index in [4.69, 9.17) is 12.2 Å². The van der Waals surface area contributed by atoms with Gasteiger partial charge in [0.15, 0.2) is 0 Å². The normalized spacial score (nSPS) is 18.7. The summed E-state index contributed by atoms with van der Waals surface area (Å²) in [7, 11) is 0. The largest absolute Gasteiger partial charge is 0.416 e. The Balaban J connectivity index is 2.24. The van der Waals surface area contributed by atoms with E-state index in [1.54, 1.807) is 12.3 Å². The molecular formula is C22H29F3N2OS. The van der Waals surface area contributed by atoms with Crippen LogP contribution < -0.4 is 0 Å². The molecule has 1 heterocycles. The maximum absolute atomic E-state index is 12.9. The van der Waals surface area contributed by atoms with Crippen molar-refractivity contribution in [1.82, 2.24) is 9.80 Å². The highest BCUT2D eigenvalue weighted by Gasteiger charge is 2.34. The van der Waals surface area contributed by atoms with Crippen LogP contribution in [-0.4, -0.2) is 53.3 Å². The minimum Gasteiger partial charge on any atom is -0.340 e. The van der Waals surface area contributed by atoms with E-state index in [0.717, 1.165) is 30.8 Å². The fourth-order valence-corrected chi connectivity index (χ4v) is 3.99. The standard InChI is InChI=1S/C22H29F3N2OS/c1-16(2)13-20(27-11-9-26(10-12-27)17(3)28)14-21(4,15-29)18-5-7-19(8-6-18)22(23,24)25/h5-8,13,15,20H,9-12,14H2,1-4H3. The Morgan fingerprint density at radius 2 is 1.59 bits per heavy atom. The molecule has 3 nitrogen and oxygen atoms in total. The number of allylic oxidation sites excluding steroid dienone is 1. The van der Waals surface area contributed by atoms with Crippen LogP contribution in [0.4, 0.5) is 13.2 Å². The summed E-state index contributed by atoms with van der Waals surface area (Å²) in [6, 6.07) is 5.38. The Morgan fingerprint density at radius 3 is 2.00 bits per heavy atom. The number of benzene rings is 1. The Bertz CT molecular complexity index is 748. The number of hydrogen-bond donors (Lipinski definition) is 0. The molecule has 2 unspecified atom stereocenters. The van der Waals surface area contributed by atoms with Gasteiger partial charge in [0, 0.05) is 44.6 Å². The number of halogens is 3. The van der Waals surface area contributed by atoms with Crippen molar-refractivity contribution < 1.29 is 18.0 Å². The Morgan fingerprint density at radius 1 is 1.07 bits per heavy atom. The van der Waals surface area contributed by atoms with E-state index >= 15 is 0 Å². The van der Waals surface area contributed by atoms with Gasteiger partial charge in [-0.3, -0.25) is 9.69 Å². The van der Waals surface area contributed by atoms with E-state index in [1.165, 1.54) is 17.7 Å². The Kier molecular flexibility index (Phi) is 7.62. The zero-order valence-corrected chi connectivity index (χ0v) is 18.2. The number of carbonyl (C=O) groups excluding carboxylic acids is 1. The third-order valence-corrected chi connectivity index (χ3v) is 6.04. The maximum Gasteiger partial charge on any atom is 0.416 e. The lowest BCUT2D eigenvalue weighted by Gasteiger charge is -2.41. The summed E-state index contributed by atoms with van der Waals surface area (Å²) in [5, 5.41) is 1.66. The molecule has 0 spiro atoms. The molecule has 0 aromatic heterocycles. The van der Waals surface area contributed by atoms with E-state index in [1.807, 2.05) is 25.7 Å². The van der Waals surface area contributed by atoms with Crippen LogP contribution in [0.3, 0.4) is 0 Å². The second kappa shape index (κ2) is 9.39. The van der Waals surface area contributed by atoms with Gasteiger partial charge >= 0.3 is 6.18 Å². The average molecular weight is 427 g/mol. The first-order chi connectivity index (χ1) is 13.5. The van der Waals surface area contributed by atoms with E-state index in [9.17, 15) is 18.0 Å². The van der Waals surface area contributed by atoms with Gasteiger partial charge in [0.1, 0.15) is 0 Å². The molecule has 2 rings (SSSR count). The zero-order chi connectivity index (χ0) is 21.8. The van der Waals surface area contributed by atoms with Gasteiger partial charge in [-0.2, -0.15) is 13.2 Å². The molecule has 0 radical (unpaired) electrons. The molecule has 7 heteroatoms. The summed E-state index contributed by atoms with van der Waals surface area (Å²) in [5.41, 5.74) is 0.737. The number of piperazine rings is 1. The molecule has 1 amide bonds.